The SMILES string of the molecule is CCNCc1ccc(CN2CCCC(OCC)C2)nc1. The fraction of sp³-hybridized carbons (Fsp3) is 0.688. The number of ether oxygens (including phenoxy) is 1. The van der Waals surface area contributed by atoms with Crippen LogP contribution in [0.5, 0.6) is 0 Å². The molecule has 1 fully saturated rings. The molecule has 1 N–H and O–H groups in total. The van der Waals surface area contributed by atoms with E-state index < -0.39 is 0 Å². The first-order chi connectivity index (χ1) is 9.81. The minimum atomic E-state index is 0.404. The average Bonchev–Trinajstić information content (AvgIpc) is 2.47. The molecule has 1 atom stereocenters. The summed E-state index contributed by atoms with van der Waals surface area (Å²) in [5.41, 5.74) is 2.41. The van der Waals surface area contributed by atoms with Gasteiger partial charge in [0, 0.05) is 32.4 Å². The number of hydrogen-bond donors (Lipinski definition) is 1. The summed E-state index contributed by atoms with van der Waals surface area (Å²) in [6, 6.07) is 4.33. The summed E-state index contributed by atoms with van der Waals surface area (Å²) < 4.78 is 5.74. The van der Waals surface area contributed by atoms with E-state index in [9.17, 15) is 0 Å². The molecule has 1 saturated heterocycles. The molecule has 0 amide bonds. The van der Waals surface area contributed by atoms with Gasteiger partial charge in [-0.1, -0.05) is 13.0 Å². The fourth-order valence-corrected chi connectivity index (χ4v) is 2.68. The maximum atomic E-state index is 5.74. The number of piperidine rings is 1. The first-order valence-corrected chi connectivity index (χ1v) is 7.80. The van der Waals surface area contributed by atoms with Crippen LogP contribution in [-0.4, -0.2) is 42.2 Å². The molecule has 112 valence electrons. The summed E-state index contributed by atoms with van der Waals surface area (Å²) in [6.45, 7) is 10.0. The molecule has 4 heteroatoms. The highest BCUT2D eigenvalue weighted by atomic mass is 16.5. The Kier molecular flexibility index (Phi) is 6.43. The number of likely N-dealkylation sites (tertiary alicyclic amines) is 1. The second-order valence-electron chi connectivity index (χ2n) is 5.39. The first-order valence-electron chi connectivity index (χ1n) is 7.80. The highest BCUT2D eigenvalue weighted by Crippen LogP contribution is 2.15. The Balaban J connectivity index is 1.83. The smallest absolute Gasteiger partial charge is 0.0702 e. The van der Waals surface area contributed by atoms with Gasteiger partial charge in [-0.3, -0.25) is 9.88 Å². The zero-order chi connectivity index (χ0) is 14.2. The lowest BCUT2D eigenvalue weighted by molar-refractivity contribution is 0.00331. The quantitative estimate of drug-likeness (QED) is 0.829. The van der Waals surface area contributed by atoms with E-state index in [-0.39, 0.29) is 0 Å². The van der Waals surface area contributed by atoms with E-state index in [0.717, 1.165) is 45.0 Å². The zero-order valence-corrected chi connectivity index (χ0v) is 12.8. The van der Waals surface area contributed by atoms with Crippen LogP contribution in [0, 0.1) is 0 Å². The van der Waals surface area contributed by atoms with E-state index in [4.69, 9.17) is 4.74 Å². The van der Waals surface area contributed by atoms with Crippen molar-refractivity contribution >= 4 is 0 Å². The summed E-state index contributed by atoms with van der Waals surface area (Å²) in [5.74, 6) is 0. The molecule has 1 aliphatic heterocycles. The molecule has 0 aliphatic carbocycles. The fourth-order valence-electron chi connectivity index (χ4n) is 2.68. The second kappa shape index (κ2) is 8.35. The summed E-state index contributed by atoms with van der Waals surface area (Å²) in [5, 5.41) is 3.32. The van der Waals surface area contributed by atoms with E-state index in [1.807, 2.05) is 6.20 Å². The Bertz CT molecular complexity index is 378. The molecule has 1 unspecified atom stereocenters. The van der Waals surface area contributed by atoms with Gasteiger partial charge in [0.15, 0.2) is 0 Å². The van der Waals surface area contributed by atoms with Crippen LogP contribution in [0.25, 0.3) is 0 Å². The lowest BCUT2D eigenvalue weighted by atomic mass is 10.1. The molecule has 20 heavy (non-hydrogen) atoms. The summed E-state index contributed by atoms with van der Waals surface area (Å²) >= 11 is 0. The van der Waals surface area contributed by atoms with Crippen molar-refractivity contribution in [1.29, 1.82) is 0 Å². The van der Waals surface area contributed by atoms with E-state index >= 15 is 0 Å². The second-order valence-corrected chi connectivity index (χ2v) is 5.39. The van der Waals surface area contributed by atoms with E-state index in [2.05, 4.69) is 41.2 Å². The Morgan fingerprint density at radius 3 is 3.00 bits per heavy atom. The molecule has 2 rings (SSSR count). The van der Waals surface area contributed by atoms with Gasteiger partial charge in [-0.25, -0.2) is 0 Å². The van der Waals surface area contributed by atoms with Gasteiger partial charge in [-0.2, -0.15) is 0 Å². The lowest BCUT2D eigenvalue weighted by Gasteiger charge is -2.32. The van der Waals surface area contributed by atoms with Crippen molar-refractivity contribution in [3.05, 3.63) is 29.6 Å². The molecule has 0 aromatic carbocycles. The highest BCUT2D eigenvalue weighted by molar-refractivity contribution is 5.14. The number of nitrogens with zero attached hydrogens (tertiary/aromatic N) is 2. The van der Waals surface area contributed by atoms with Crippen LogP contribution in [0.4, 0.5) is 0 Å². The van der Waals surface area contributed by atoms with Crippen LogP contribution in [0.1, 0.15) is 37.9 Å². The minimum absolute atomic E-state index is 0.404. The third-order valence-corrected chi connectivity index (χ3v) is 3.72. The van der Waals surface area contributed by atoms with Gasteiger partial charge in [0.1, 0.15) is 0 Å². The number of rotatable bonds is 7. The average molecular weight is 277 g/mol. The van der Waals surface area contributed by atoms with Crippen LogP contribution in [0.15, 0.2) is 18.3 Å². The lowest BCUT2D eigenvalue weighted by Crippen LogP contribution is -2.39. The van der Waals surface area contributed by atoms with Crippen LogP contribution in [-0.2, 0) is 17.8 Å². The van der Waals surface area contributed by atoms with Gasteiger partial charge in [0.25, 0.3) is 0 Å². The van der Waals surface area contributed by atoms with Crippen molar-refractivity contribution in [2.45, 2.75) is 45.9 Å². The Morgan fingerprint density at radius 1 is 1.40 bits per heavy atom. The molecular weight excluding hydrogens is 250 g/mol. The van der Waals surface area contributed by atoms with Gasteiger partial charge in [0.2, 0.25) is 0 Å². The molecule has 0 bridgehead atoms. The maximum absolute atomic E-state index is 5.74. The van der Waals surface area contributed by atoms with Crippen molar-refractivity contribution in [2.75, 3.05) is 26.2 Å². The van der Waals surface area contributed by atoms with E-state index in [0.29, 0.717) is 6.10 Å². The van der Waals surface area contributed by atoms with Crippen molar-refractivity contribution in [3.8, 4) is 0 Å². The van der Waals surface area contributed by atoms with Gasteiger partial charge in [-0.05, 0) is 44.5 Å². The van der Waals surface area contributed by atoms with Gasteiger partial charge < -0.3 is 10.1 Å². The third-order valence-electron chi connectivity index (χ3n) is 3.72. The third kappa shape index (κ3) is 4.85. The predicted octanol–water partition coefficient (Wildman–Crippen LogP) is 2.19. The van der Waals surface area contributed by atoms with Crippen molar-refractivity contribution in [3.63, 3.8) is 0 Å². The van der Waals surface area contributed by atoms with Crippen molar-refractivity contribution in [1.82, 2.24) is 15.2 Å². The number of hydrogen-bond acceptors (Lipinski definition) is 4. The van der Waals surface area contributed by atoms with Crippen LogP contribution in [0.2, 0.25) is 0 Å². The van der Waals surface area contributed by atoms with E-state index in [1.54, 1.807) is 0 Å². The van der Waals surface area contributed by atoms with Gasteiger partial charge >= 0.3 is 0 Å². The Morgan fingerprint density at radius 2 is 2.30 bits per heavy atom. The summed E-state index contributed by atoms with van der Waals surface area (Å²) in [6.07, 6.45) is 4.81. The Labute approximate surface area is 122 Å². The largest absolute Gasteiger partial charge is 0.377 e. The standard InChI is InChI=1S/C16H27N3O/c1-3-17-10-14-7-8-15(18-11-14)12-19-9-5-6-16(13-19)20-4-2/h7-8,11,16-17H,3-6,9-10,12-13H2,1-2H3. The normalized spacial score (nSPS) is 20.2. The first kappa shape index (κ1) is 15.4. The van der Waals surface area contributed by atoms with Crippen molar-refractivity contribution in [2.24, 2.45) is 0 Å². The monoisotopic (exact) mass is 277 g/mol. The molecule has 4 nitrogen and oxygen atoms in total. The van der Waals surface area contributed by atoms with Crippen LogP contribution < -0.4 is 5.32 Å². The maximum Gasteiger partial charge on any atom is 0.0702 e. The molecule has 1 aromatic rings. The molecular formula is C16H27N3O. The van der Waals surface area contributed by atoms with Crippen LogP contribution in [0.3, 0.4) is 0 Å². The van der Waals surface area contributed by atoms with E-state index in [1.165, 1.54) is 18.4 Å². The molecule has 1 aromatic heterocycles. The molecule has 0 radical (unpaired) electrons. The Hall–Kier alpha value is -0.970. The topological polar surface area (TPSA) is 37.4 Å². The van der Waals surface area contributed by atoms with Crippen molar-refractivity contribution < 1.29 is 4.74 Å². The molecule has 0 saturated carbocycles. The predicted molar refractivity (Wildman–Crippen MR) is 81.5 cm³/mol. The highest BCUT2D eigenvalue weighted by Gasteiger charge is 2.20. The number of aromatic nitrogens is 1. The van der Waals surface area contributed by atoms with Gasteiger partial charge in [0.05, 0.1) is 11.8 Å². The molecule has 2 heterocycles. The molecule has 1 aliphatic rings. The molecule has 0 spiro atoms. The van der Waals surface area contributed by atoms with Crippen LogP contribution >= 0.6 is 0 Å². The summed E-state index contributed by atoms with van der Waals surface area (Å²) in [4.78, 5) is 7.03. The summed E-state index contributed by atoms with van der Waals surface area (Å²) in [7, 11) is 0. The number of pyridine rings is 1. The van der Waals surface area contributed by atoms with Gasteiger partial charge in [-0.15, -0.1) is 0 Å². The zero-order valence-electron chi connectivity index (χ0n) is 12.8. The minimum Gasteiger partial charge on any atom is -0.377 e. The number of nitrogens with one attached hydrogen (secondary N) is 1.